The number of amides is 1. The number of carbonyl (C=O) groups is 1. The van der Waals surface area contributed by atoms with Gasteiger partial charge in [0.05, 0.1) is 35.2 Å². The lowest BCUT2D eigenvalue weighted by Gasteiger charge is -2.10. The van der Waals surface area contributed by atoms with Gasteiger partial charge in [-0.05, 0) is 40.2 Å². The highest BCUT2D eigenvalue weighted by Crippen LogP contribution is 2.26. The van der Waals surface area contributed by atoms with Crippen molar-refractivity contribution in [2.75, 3.05) is 11.5 Å². The van der Waals surface area contributed by atoms with Crippen LogP contribution in [0.15, 0.2) is 11.2 Å². The number of aromatic nitrogens is 4. The quantitative estimate of drug-likeness (QED) is 0.598. The van der Waals surface area contributed by atoms with Crippen LogP contribution in [0.25, 0.3) is 0 Å². The SMILES string of the molecule is Cc1cc(C)n(CC(=O)N/N=C\c2c(C)nn([C@@H]3CCS(=O)(=O)C3)c2C)n1. The van der Waals surface area contributed by atoms with Gasteiger partial charge in [-0.15, -0.1) is 0 Å². The summed E-state index contributed by atoms with van der Waals surface area (Å²) in [5.41, 5.74) is 6.63. The van der Waals surface area contributed by atoms with Crippen LogP contribution in [-0.2, 0) is 21.2 Å². The van der Waals surface area contributed by atoms with Crippen LogP contribution in [0.5, 0.6) is 0 Å². The Labute approximate surface area is 158 Å². The van der Waals surface area contributed by atoms with E-state index in [9.17, 15) is 13.2 Å². The molecule has 1 atom stereocenters. The van der Waals surface area contributed by atoms with Gasteiger partial charge in [0.1, 0.15) is 6.54 Å². The summed E-state index contributed by atoms with van der Waals surface area (Å²) in [6.45, 7) is 7.57. The van der Waals surface area contributed by atoms with E-state index in [2.05, 4.69) is 20.7 Å². The van der Waals surface area contributed by atoms with Gasteiger partial charge in [0.2, 0.25) is 0 Å². The minimum atomic E-state index is -2.98. The first-order chi connectivity index (χ1) is 12.7. The number of hydrogen-bond acceptors (Lipinski definition) is 6. The normalized spacial score (nSPS) is 19.0. The summed E-state index contributed by atoms with van der Waals surface area (Å²) < 4.78 is 26.8. The van der Waals surface area contributed by atoms with Gasteiger partial charge in [-0.2, -0.15) is 15.3 Å². The molecule has 0 saturated carbocycles. The summed E-state index contributed by atoms with van der Waals surface area (Å²) in [6, 6.07) is 1.76. The number of nitrogens with zero attached hydrogens (tertiary/aromatic N) is 5. The first-order valence-electron chi connectivity index (χ1n) is 8.75. The first-order valence-corrected chi connectivity index (χ1v) is 10.6. The second kappa shape index (κ2) is 7.26. The number of hydrazone groups is 1. The van der Waals surface area contributed by atoms with Crippen LogP contribution in [0.3, 0.4) is 0 Å². The smallest absolute Gasteiger partial charge is 0.261 e. The molecule has 3 heterocycles. The van der Waals surface area contributed by atoms with Gasteiger partial charge in [-0.1, -0.05) is 0 Å². The zero-order valence-electron chi connectivity index (χ0n) is 15.9. The highest BCUT2D eigenvalue weighted by atomic mass is 32.2. The van der Waals surface area contributed by atoms with E-state index in [0.29, 0.717) is 6.42 Å². The minimum absolute atomic E-state index is 0.0914. The predicted octanol–water partition coefficient (Wildman–Crippen LogP) is 0.823. The standard InChI is InChI=1S/C17H24N6O3S/c1-11-7-12(2)22(20-11)9-17(24)19-18-8-16-13(3)21-23(14(16)4)15-5-6-27(25,26)10-15/h7-8,15H,5-6,9-10H2,1-4H3,(H,19,24)/b18-8-/t15-/m1/s1. The van der Waals surface area contributed by atoms with Crippen molar-refractivity contribution in [1.29, 1.82) is 0 Å². The summed E-state index contributed by atoms with van der Waals surface area (Å²) in [6.07, 6.45) is 2.12. The molecular weight excluding hydrogens is 368 g/mol. The summed E-state index contributed by atoms with van der Waals surface area (Å²) in [5.74, 6) is 0.0363. The zero-order valence-corrected chi connectivity index (χ0v) is 16.7. The maximum Gasteiger partial charge on any atom is 0.261 e. The van der Waals surface area contributed by atoms with E-state index in [1.165, 1.54) is 0 Å². The number of carbonyl (C=O) groups excluding carboxylic acids is 1. The van der Waals surface area contributed by atoms with E-state index >= 15 is 0 Å². The van der Waals surface area contributed by atoms with Crippen molar-refractivity contribution in [2.24, 2.45) is 5.10 Å². The molecule has 1 fully saturated rings. The van der Waals surface area contributed by atoms with E-state index in [0.717, 1.165) is 28.3 Å². The fraction of sp³-hybridized carbons (Fsp3) is 0.529. The molecule has 9 nitrogen and oxygen atoms in total. The van der Waals surface area contributed by atoms with Crippen molar-refractivity contribution in [2.45, 2.75) is 46.7 Å². The number of rotatable bonds is 5. The highest BCUT2D eigenvalue weighted by Gasteiger charge is 2.31. The number of nitrogens with one attached hydrogen (secondary N) is 1. The third-order valence-electron chi connectivity index (χ3n) is 4.71. The Morgan fingerprint density at radius 3 is 2.67 bits per heavy atom. The molecule has 0 radical (unpaired) electrons. The maximum atomic E-state index is 12.0. The van der Waals surface area contributed by atoms with Crippen molar-refractivity contribution >= 4 is 22.0 Å². The van der Waals surface area contributed by atoms with E-state index in [-0.39, 0.29) is 30.0 Å². The fourth-order valence-corrected chi connectivity index (χ4v) is 5.05. The average Bonchev–Trinajstić information content (AvgIpc) is 3.17. The molecule has 1 aliphatic rings. The zero-order chi connectivity index (χ0) is 19.8. The van der Waals surface area contributed by atoms with Gasteiger partial charge >= 0.3 is 0 Å². The molecule has 146 valence electrons. The molecule has 0 bridgehead atoms. The molecule has 1 saturated heterocycles. The monoisotopic (exact) mass is 392 g/mol. The van der Waals surface area contributed by atoms with Crippen LogP contribution in [0.2, 0.25) is 0 Å². The van der Waals surface area contributed by atoms with Crippen LogP contribution < -0.4 is 5.43 Å². The molecule has 1 amide bonds. The summed E-state index contributed by atoms with van der Waals surface area (Å²) in [7, 11) is -2.98. The fourth-order valence-electron chi connectivity index (χ4n) is 3.36. The van der Waals surface area contributed by atoms with Gasteiger partial charge < -0.3 is 0 Å². The molecule has 1 N–H and O–H groups in total. The van der Waals surface area contributed by atoms with E-state index < -0.39 is 9.84 Å². The van der Waals surface area contributed by atoms with Crippen LogP contribution in [-0.4, -0.2) is 51.6 Å². The molecule has 2 aromatic heterocycles. The van der Waals surface area contributed by atoms with Crippen molar-refractivity contribution < 1.29 is 13.2 Å². The summed E-state index contributed by atoms with van der Waals surface area (Å²) >= 11 is 0. The summed E-state index contributed by atoms with van der Waals surface area (Å²) in [4.78, 5) is 12.0. The van der Waals surface area contributed by atoms with Crippen molar-refractivity contribution in [1.82, 2.24) is 25.0 Å². The molecule has 0 aliphatic carbocycles. The van der Waals surface area contributed by atoms with Crippen molar-refractivity contribution in [3.05, 3.63) is 34.4 Å². The lowest BCUT2D eigenvalue weighted by atomic mass is 10.2. The average molecular weight is 392 g/mol. The lowest BCUT2D eigenvalue weighted by molar-refractivity contribution is -0.121. The Morgan fingerprint density at radius 2 is 2.07 bits per heavy atom. The van der Waals surface area contributed by atoms with Gasteiger partial charge in [-0.3, -0.25) is 14.2 Å². The number of hydrogen-bond donors (Lipinski definition) is 1. The van der Waals surface area contributed by atoms with Gasteiger partial charge in [-0.25, -0.2) is 13.8 Å². The third-order valence-corrected chi connectivity index (χ3v) is 6.47. The second-order valence-corrected chi connectivity index (χ2v) is 9.19. The molecule has 0 spiro atoms. The van der Waals surface area contributed by atoms with Crippen LogP contribution in [0.1, 0.15) is 40.8 Å². The number of sulfone groups is 1. The van der Waals surface area contributed by atoms with Crippen molar-refractivity contribution in [3.63, 3.8) is 0 Å². The Bertz CT molecular complexity index is 1000. The molecule has 0 aromatic carbocycles. The lowest BCUT2D eigenvalue weighted by Crippen LogP contribution is -2.24. The van der Waals surface area contributed by atoms with E-state index in [4.69, 9.17) is 0 Å². The first kappa shape index (κ1) is 19.3. The Balaban J connectivity index is 1.67. The van der Waals surface area contributed by atoms with Crippen LogP contribution in [0.4, 0.5) is 0 Å². The van der Waals surface area contributed by atoms with Crippen LogP contribution in [0, 0.1) is 27.7 Å². The van der Waals surface area contributed by atoms with Gasteiger partial charge in [0.25, 0.3) is 5.91 Å². The Kier molecular flexibility index (Phi) is 5.18. The van der Waals surface area contributed by atoms with Crippen LogP contribution >= 0.6 is 0 Å². The topological polar surface area (TPSA) is 111 Å². The predicted molar refractivity (Wildman–Crippen MR) is 101 cm³/mol. The Hall–Kier alpha value is -2.49. The molecule has 27 heavy (non-hydrogen) atoms. The largest absolute Gasteiger partial charge is 0.271 e. The molecule has 3 rings (SSSR count). The number of aryl methyl sites for hydroxylation is 3. The third kappa shape index (κ3) is 4.26. The molecule has 1 aliphatic heterocycles. The second-order valence-electron chi connectivity index (χ2n) is 6.96. The van der Waals surface area contributed by atoms with Crippen molar-refractivity contribution in [3.8, 4) is 0 Å². The van der Waals surface area contributed by atoms with Gasteiger partial charge in [0.15, 0.2) is 9.84 Å². The molecule has 10 heteroatoms. The Morgan fingerprint density at radius 1 is 1.33 bits per heavy atom. The highest BCUT2D eigenvalue weighted by molar-refractivity contribution is 7.91. The molecule has 0 unspecified atom stereocenters. The minimum Gasteiger partial charge on any atom is -0.271 e. The molecule has 2 aromatic rings. The van der Waals surface area contributed by atoms with Gasteiger partial charge in [0, 0.05) is 17.0 Å². The van der Waals surface area contributed by atoms with E-state index in [1.807, 2.05) is 33.8 Å². The summed E-state index contributed by atoms with van der Waals surface area (Å²) in [5, 5.41) is 12.7. The maximum absolute atomic E-state index is 12.0. The van der Waals surface area contributed by atoms with E-state index in [1.54, 1.807) is 15.6 Å². The molecular formula is C17H24N6O3S.